The number of fused-ring (bicyclic) bond motifs is 1. The Bertz CT molecular complexity index is 448. The number of methoxy groups -OCH3 is 1. The number of para-hydroxylation sites is 1. The molecule has 1 heterocycles. The molecule has 0 bridgehead atoms. The van der Waals surface area contributed by atoms with Crippen LogP contribution in [0.25, 0.3) is 0 Å². The third-order valence-corrected chi connectivity index (χ3v) is 3.22. The Morgan fingerprint density at radius 1 is 1.44 bits per heavy atom. The van der Waals surface area contributed by atoms with Crippen LogP contribution in [0.3, 0.4) is 0 Å². The van der Waals surface area contributed by atoms with E-state index in [9.17, 15) is 4.79 Å². The number of anilines is 2. The van der Waals surface area contributed by atoms with E-state index in [1.807, 2.05) is 25.2 Å². The third kappa shape index (κ3) is 2.13. The summed E-state index contributed by atoms with van der Waals surface area (Å²) in [6.45, 7) is 1.61. The highest BCUT2D eigenvalue weighted by molar-refractivity contribution is 5.99. The second-order valence-corrected chi connectivity index (χ2v) is 4.35. The molecule has 2 rings (SSSR count). The number of hydrogen-bond donors (Lipinski definition) is 1. The van der Waals surface area contributed by atoms with Crippen LogP contribution >= 0.6 is 0 Å². The van der Waals surface area contributed by atoms with Gasteiger partial charge in [-0.25, -0.2) is 0 Å². The number of carbonyl (C=O) groups is 1. The smallest absolute Gasteiger partial charge is 0.240 e. The van der Waals surface area contributed by atoms with E-state index in [4.69, 9.17) is 10.5 Å². The average molecular weight is 249 g/mol. The second kappa shape index (κ2) is 5.27. The summed E-state index contributed by atoms with van der Waals surface area (Å²) in [7, 11) is 3.65. The highest BCUT2D eigenvalue weighted by Crippen LogP contribution is 2.39. The number of nitrogens with zero attached hydrogens (tertiary/aromatic N) is 2. The molecule has 0 fully saturated rings. The molecule has 98 valence electrons. The number of nitrogens with two attached hydrogens (primary N) is 1. The maximum Gasteiger partial charge on any atom is 0.240 e. The highest BCUT2D eigenvalue weighted by Gasteiger charge is 2.24. The lowest BCUT2D eigenvalue weighted by Gasteiger charge is -2.25. The van der Waals surface area contributed by atoms with E-state index >= 15 is 0 Å². The number of amides is 1. The van der Waals surface area contributed by atoms with Crippen molar-refractivity contribution in [2.24, 2.45) is 5.73 Å². The van der Waals surface area contributed by atoms with Crippen molar-refractivity contribution >= 4 is 17.3 Å². The van der Waals surface area contributed by atoms with E-state index in [0.717, 1.165) is 30.1 Å². The second-order valence-electron chi connectivity index (χ2n) is 4.35. The number of benzene rings is 1. The van der Waals surface area contributed by atoms with Crippen molar-refractivity contribution in [3.63, 3.8) is 0 Å². The summed E-state index contributed by atoms with van der Waals surface area (Å²) in [5, 5.41) is 0. The van der Waals surface area contributed by atoms with Gasteiger partial charge in [0.2, 0.25) is 5.91 Å². The van der Waals surface area contributed by atoms with E-state index in [1.165, 1.54) is 0 Å². The van der Waals surface area contributed by atoms with Crippen molar-refractivity contribution < 1.29 is 9.53 Å². The number of carbonyl (C=O) groups excluding carboxylic acids is 1. The van der Waals surface area contributed by atoms with Crippen LogP contribution in [0.5, 0.6) is 5.75 Å². The minimum atomic E-state index is -0.0557. The van der Waals surface area contributed by atoms with Crippen molar-refractivity contribution in [3.8, 4) is 5.75 Å². The summed E-state index contributed by atoms with van der Waals surface area (Å²) in [5.41, 5.74) is 7.32. The summed E-state index contributed by atoms with van der Waals surface area (Å²) in [6, 6.07) is 5.74. The highest BCUT2D eigenvalue weighted by atomic mass is 16.5. The first kappa shape index (κ1) is 12.7. The number of rotatable bonds is 2. The number of hydrogen-bond acceptors (Lipinski definition) is 4. The van der Waals surface area contributed by atoms with Crippen LogP contribution < -0.4 is 20.3 Å². The minimum absolute atomic E-state index is 0.0281. The van der Waals surface area contributed by atoms with E-state index in [1.54, 1.807) is 12.0 Å². The van der Waals surface area contributed by atoms with Gasteiger partial charge in [-0.2, -0.15) is 0 Å². The Labute approximate surface area is 107 Å². The van der Waals surface area contributed by atoms with Crippen molar-refractivity contribution in [1.82, 2.24) is 0 Å². The van der Waals surface area contributed by atoms with Gasteiger partial charge in [0.05, 0.1) is 19.3 Å². The SMILES string of the molecule is COc1cccc2c1N(C)CCCN2C(=O)CN. The minimum Gasteiger partial charge on any atom is -0.495 e. The topological polar surface area (TPSA) is 58.8 Å². The standard InChI is InChI=1S/C13H19N3O2/c1-15-7-4-8-16(12(17)9-14)10-5-3-6-11(18-2)13(10)15/h3,5-6H,4,7-9,14H2,1-2H3. The molecule has 5 nitrogen and oxygen atoms in total. The van der Waals surface area contributed by atoms with Gasteiger partial charge in [0, 0.05) is 20.1 Å². The molecule has 18 heavy (non-hydrogen) atoms. The fourth-order valence-corrected chi connectivity index (χ4v) is 2.34. The first-order valence-corrected chi connectivity index (χ1v) is 6.07. The molecular formula is C13H19N3O2. The third-order valence-electron chi connectivity index (χ3n) is 3.22. The molecule has 0 saturated carbocycles. The van der Waals surface area contributed by atoms with Gasteiger partial charge in [0.25, 0.3) is 0 Å². The molecule has 5 heteroatoms. The molecule has 2 N–H and O–H groups in total. The molecule has 1 aromatic rings. The monoisotopic (exact) mass is 249 g/mol. The van der Waals surface area contributed by atoms with E-state index in [0.29, 0.717) is 6.54 Å². The van der Waals surface area contributed by atoms with Gasteiger partial charge in [-0.05, 0) is 18.6 Å². The average Bonchev–Trinajstić information content (AvgIpc) is 2.57. The van der Waals surface area contributed by atoms with Gasteiger partial charge in [0.15, 0.2) is 0 Å². The largest absolute Gasteiger partial charge is 0.495 e. The summed E-state index contributed by atoms with van der Waals surface area (Å²) in [4.78, 5) is 15.8. The zero-order valence-corrected chi connectivity index (χ0v) is 10.8. The van der Waals surface area contributed by atoms with Gasteiger partial charge < -0.3 is 20.3 Å². The molecule has 0 unspecified atom stereocenters. The Morgan fingerprint density at radius 2 is 2.22 bits per heavy atom. The predicted octanol–water partition coefficient (Wildman–Crippen LogP) is 0.827. The Hall–Kier alpha value is -1.75. The fraction of sp³-hybridized carbons (Fsp3) is 0.462. The summed E-state index contributed by atoms with van der Waals surface area (Å²) < 4.78 is 5.39. The first-order chi connectivity index (χ1) is 8.69. The summed E-state index contributed by atoms with van der Waals surface area (Å²) in [5.74, 6) is 0.728. The predicted molar refractivity (Wildman–Crippen MR) is 72.3 cm³/mol. The molecule has 1 aliphatic rings. The fourth-order valence-electron chi connectivity index (χ4n) is 2.34. The van der Waals surface area contributed by atoms with Crippen LogP contribution in [-0.2, 0) is 4.79 Å². The Morgan fingerprint density at radius 3 is 2.89 bits per heavy atom. The van der Waals surface area contributed by atoms with Gasteiger partial charge in [0.1, 0.15) is 11.4 Å². The molecule has 1 aliphatic heterocycles. The summed E-state index contributed by atoms with van der Waals surface area (Å²) in [6.07, 6.45) is 0.917. The van der Waals surface area contributed by atoms with Crippen LogP contribution in [-0.4, -0.2) is 39.7 Å². The molecule has 0 atom stereocenters. The van der Waals surface area contributed by atoms with Crippen LogP contribution in [0.15, 0.2) is 18.2 Å². The maximum absolute atomic E-state index is 11.9. The van der Waals surface area contributed by atoms with Crippen molar-refractivity contribution in [2.75, 3.05) is 43.6 Å². The lowest BCUT2D eigenvalue weighted by atomic mass is 10.2. The van der Waals surface area contributed by atoms with Crippen LogP contribution in [0, 0.1) is 0 Å². The van der Waals surface area contributed by atoms with Crippen molar-refractivity contribution in [1.29, 1.82) is 0 Å². The van der Waals surface area contributed by atoms with Crippen molar-refractivity contribution in [2.45, 2.75) is 6.42 Å². The van der Waals surface area contributed by atoms with E-state index in [-0.39, 0.29) is 12.5 Å². The maximum atomic E-state index is 11.9. The Kier molecular flexibility index (Phi) is 3.72. The zero-order valence-electron chi connectivity index (χ0n) is 10.8. The van der Waals surface area contributed by atoms with Crippen LogP contribution in [0.1, 0.15) is 6.42 Å². The molecular weight excluding hydrogens is 230 g/mol. The van der Waals surface area contributed by atoms with Crippen LogP contribution in [0.2, 0.25) is 0 Å². The van der Waals surface area contributed by atoms with Gasteiger partial charge in [-0.15, -0.1) is 0 Å². The first-order valence-electron chi connectivity index (χ1n) is 6.07. The molecule has 1 aromatic carbocycles. The molecule has 1 amide bonds. The molecule has 0 aromatic heterocycles. The van der Waals surface area contributed by atoms with Crippen LogP contribution in [0.4, 0.5) is 11.4 Å². The molecule has 0 aliphatic carbocycles. The quantitative estimate of drug-likeness (QED) is 0.843. The van der Waals surface area contributed by atoms with Gasteiger partial charge in [-0.1, -0.05) is 6.07 Å². The molecule has 0 spiro atoms. The molecule has 0 saturated heterocycles. The lowest BCUT2D eigenvalue weighted by molar-refractivity contribution is -0.117. The zero-order chi connectivity index (χ0) is 13.1. The van der Waals surface area contributed by atoms with Gasteiger partial charge >= 0.3 is 0 Å². The lowest BCUT2D eigenvalue weighted by Crippen LogP contribution is -2.36. The van der Waals surface area contributed by atoms with E-state index in [2.05, 4.69) is 4.90 Å². The number of ether oxygens (including phenoxy) is 1. The van der Waals surface area contributed by atoms with Crippen molar-refractivity contribution in [3.05, 3.63) is 18.2 Å². The van der Waals surface area contributed by atoms with E-state index < -0.39 is 0 Å². The molecule has 0 radical (unpaired) electrons. The normalized spacial score (nSPS) is 15.1. The Balaban J connectivity index is 2.53. The summed E-state index contributed by atoms with van der Waals surface area (Å²) >= 11 is 0. The van der Waals surface area contributed by atoms with Gasteiger partial charge in [-0.3, -0.25) is 4.79 Å².